The fraction of sp³-hybridized carbons (Fsp3) is 0.734. The molecule has 5 fully saturated rings. The highest BCUT2D eigenvalue weighted by atomic mass is 127. The minimum Gasteiger partial charge on any atom is -0.492 e. The predicted molar refractivity (Wildman–Crippen MR) is 518 cm³/mol. The number of thioether (sulfide) groups is 1. The van der Waals surface area contributed by atoms with E-state index in [-0.39, 0.29) is 130 Å². The van der Waals surface area contributed by atoms with Crippen LogP contribution in [0.2, 0.25) is 0 Å². The van der Waals surface area contributed by atoms with E-state index in [9.17, 15) is 68.7 Å². The van der Waals surface area contributed by atoms with E-state index < -0.39 is 179 Å². The van der Waals surface area contributed by atoms with Gasteiger partial charge in [-0.3, -0.25) is 48.1 Å². The van der Waals surface area contributed by atoms with Crippen LogP contribution in [0.4, 0.5) is 4.79 Å². The molecule has 22 atom stereocenters. The first-order valence-electron chi connectivity index (χ1n) is 47.0. The summed E-state index contributed by atoms with van der Waals surface area (Å²) < 4.78 is 118. The number of halogens is 1. The average Bonchev–Trinajstić information content (AvgIpc) is 1.57. The molecule has 4 saturated heterocycles. The Morgan fingerprint density at radius 2 is 1.23 bits per heavy atom. The molecule has 0 radical (unpaired) electrons. The van der Waals surface area contributed by atoms with Gasteiger partial charge in [0.2, 0.25) is 40.8 Å². The number of likely N-dealkylation sites (N-methyl/N-ethyl adjacent to an activating group) is 1. The number of nitrogens with zero attached hydrogens (tertiary/aromatic N) is 2. The van der Waals surface area contributed by atoms with Crippen LogP contribution in [-0.4, -0.2) is 400 Å². The van der Waals surface area contributed by atoms with Crippen molar-refractivity contribution in [1.29, 1.82) is 0 Å². The summed E-state index contributed by atoms with van der Waals surface area (Å²) in [5.74, 6) is 7.29. The third-order valence-electron chi connectivity index (χ3n) is 24.2. The first kappa shape index (κ1) is 119. The minimum absolute atomic E-state index is 0.00377. The highest BCUT2D eigenvalue weighted by Gasteiger charge is 2.56. The van der Waals surface area contributed by atoms with Gasteiger partial charge < -0.3 is 146 Å². The molecule has 0 aromatic heterocycles. The molecule has 140 heavy (non-hydrogen) atoms. The summed E-state index contributed by atoms with van der Waals surface area (Å²) in [6, 6.07) is -3.14. The summed E-state index contributed by atoms with van der Waals surface area (Å²) in [5.41, 5.74) is 1.79. The fourth-order valence-corrected chi connectivity index (χ4v) is 20.7. The summed E-state index contributed by atoms with van der Waals surface area (Å²) >= 11 is 2.79. The number of aliphatic hydroxyl groups is 5. The van der Waals surface area contributed by atoms with E-state index in [4.69, 9.17) is 99.6 Å². The van der Waals surface area contributed by atoms with Gasteiger partial charge in [0.05, 0.1) is 202 Å². The second-order valence-electron chi connectivity index (χ2n) is 34.6. The number of hydrogen-bond acceptors (Lipinski definition) is 39. The number of aliphatic hydroxyl groups excluding tert-OH is 4. The Balaban J connectivity index is 0.800. The zero-order valence-electron chi connectivity index (χ0n) is 82.3. The molecular weight excluding hydrogens is 2010 g/mol. The molecule has 8 rings (SSSR count). The molecule has 5 aliphatic heterocycles. The monoisotopic (exact) mass is 2150 g/mol. The van der Waals surface area contributed by atoms with Crippen LogP contribution >= 0.6 is 55.9 Å². The molecule has 46 heteroatoms. The van der Waals surface area contributed by atoms with E-state index >= 15 is 0 Å². The predicted octanol–water partition coefficient (Wildman–Crippen LogP) is 2.93. The number of amides is 7. The molecule has 1 saturated carbocycles. The van der Waals surface area contributed by atoms with Crippen LogP contribution in [0.5, 0.6) is 17.2 Å². The smallest absolute Gasteiger partial charge is 0.407 e. The minimum atomic E-state index is -1.95. The van der Waals surface area contributed by atoms with Crippen molar-refractivity contribution in [1.82, 2.24) is 36.5 Å². The Bertz CT molecular complexity index is 4340. The Morgan fingerprint density at radius 3 is 1.79 bits per heavy atom. The number of ether oxygens (including phenoxy) is 20. The number of alkyl carbamates (subject to hydrolysis) is 1. The van der Waals surface area contributed by atoms with Crippen LogP contribution in [0.3, 0.4) is 0 Å². The summed E-state index contributed by atoms with van der Waals surface area (Å²) in [7, 11) is 9.61. The number of fused-ring (bicyclic) bond motifs is 1. The standard InChI is InChI=1S/C94H142IN7O35S3/c1-16-101(60(8)103)63-54-130-73(52-67(63)117-11)135-86-81(112)78(100-137-74-51-64(104)88(59(7)131-74)139-89(114)75-56(4)77(95)84(87(120-14)83(75)118-12)136-90-82(113)85(119-13)80(111)58(6)133-90)57(5)132-91(86)134-66-22-20-18-17-19-21-61-76(66)62(94(116,55(2)3)53-65(105)79(61)99-92(115)121-15)28-50-138-140-93(9,10)29-25-68(106)96-30-31-97-70(108)27-34-122-36-38-124-40-42-126-44-46-128-48-49-129-47-45-127-43-41-125-39-37-123-35-32-98-69(107)26-33-102-71(109)23-24-72(102)110/h17-18,23-24,28,55,57-59,61,63-64,66-67,73-74,76,78-82,85-86,88,90-91,100,104,111-113,116H,16,25-27,29-54H2,1-15H3,(H,96,106)(H,97,108)(H,98,107)(H,99,115)/b18-17-,62-28+/t57?,58?,59?,61?,63?,64?,66-,67?,73?,74?,76?,78?,79?,80?,81?,82?,85?,86?,88?,90?,91?,94+/m0/s1. The highest BCUT2D eigenvalue weighted by molar-refractivity contribution is 14.1. The molecule has 20 unspecified atom stereocenters. The van der Waals surface area contributed by atoms with Crippen molar-refractivity contribution in [2.45, 2.75) is 240 Å². The zero-order chi connectivity index (χ0) is 102. The summed E-state index contributed by atoms with van der Waals surface area (Å²) in [5, 5.41) is 69.9. The van der Waals surface area contributed by atoms with Gasteiger partial charge in [0, 0.05) is 121 Å². The van der Waals surface area contributed by atoms with E-state index in [0.29, 0.717) is 120 Å². The lowest BCUT2D eigenvalue weighted by molar-refractivity contribution is -0.340. The topological polar surface area (TPSA) is 515 Å². The number of ketones is 1. The SMILES string of the molecule is CCN(C(C)=O)C1COC(OC2C(O[C@H]3C#C/C=C\C#CC4C(NC(=O)OC)C(=O)C[C@@](O)(C(C)C)/C(=C/CSSC(C)(C)CCC(=O)NCCNC(=O)CCOCCOCCOCCOCCOCCOCCOCCOCCNC(=O)CCN5C(=O)C=CC5=O)C43)OC(C)C(NOC3CC(O)C(SC(=O)c4c(C)c(I)c(OC5OC(C)C(O)C(OC)C5O)c(OC)c4OC)C(C)O3)C2O)CC1OC. The quantitative estimate of drug-likeness (QED) is 0.00852. The Hall–Kier alpha value is -6.55. The number of nitrogens with one attached hydrogen (secondary N) is 5. The molecule has 1 aromatic carbocycles. The van der Waals surface area contributed by atoms with Crippen molar-refractivity contribution in [3.8, 4) is 40.9 Å². The molecule has 7 amide bonds. The van der Waals surface area contributed by atoms with Crippen molar-refractivity contribution < 1.29 is 168 Å². The van der Waals surface area contributed by atoms with E-state index in [2.05, 4.69) is 50.4 Å². The number of carbonyl (C=O) groups excluding carboxylic acids is 9. The maximum Gasteiger partial charge on any atom is 0.407 e. The van der Waals surface area contributed by atoms with Crippen molar-refractivity contribution >= 4 is 108 Å². The van der Waals surface area contributed by atoms with Crippen molar-refractivity contribution in [3.05, 3.63) is 50.7 Å². The lowest BCUT2D eigenvalue weighted by atomic mass is 9.71. The lowest BCUT2D eigenvalue weighted by Gasteiger charge is -2.47. The lowest BCUT2D eigenvalue weighted by Crippen LogP contribution is -2.65. The second kappa shape index (κ2) is 61.2. The largest absolute Gasteiger partial charge is 0.492 e. The number of imide groups is 1. The van der Waals surface area contributed by atoms with E-state index in [1.807, 2.05) is 49.4 Å². The van der Waals surface area contributed by atoms with Gasteiger partial charge >= 0.3 is 6.09 Å². The van der Waals surface area contributed by atoms with Crippen molar-refractivity contribution in [2.24, 2.45) is 17.8 Å². The number of allylic oxidation sites excluding steroid dienone is 2. The molecule has 42 nitrogen and oxygen atoms in total. The van der Waals surface area contributed by atoms with Gasteiger partial charge in [0.25, 0.3) is 11.8 Å². The fourth-order valence-electron chi connectivity index (χ4n) is 16.4. The number of benzene rings is 1. The van der Waals surface area contributed by atoms with Crippen molar-refractivity contribution in [3.63, 3.8) is 0 Å². The van der Waals surface area contributed by atoms with Gasteiger partial charge in [-0.15, -0.1) is 0 Å². The number of Topliss-reactive ketones (excluding diaryl/α,β-unsaturated/α-hetero) is 1. The van der Waals surface area contributed by atoms with Crippen LogP contribution < -0.4 is 41.0 Å². The normalized spacial score (nSPS) is 28.4. The van der Waals surface area contributed by atoms with E-state index in [1.165, 1.54) is 81.3 Å². The zero-order valence-corrected chi connectivity index (χ0v) is 86.9. The molecule has 5 heterocycles. The number of hydroxylamine groups is 1. The second-order valence-corrected chi connectivity index (χ2v) is 39.9. The molecular formula is C94H142IN7O35S3. The van der Waals surface area contributed by atoms with Crippen LogP contribution in [0.15, 0.2) is 36.0 Å². The third kappa shape index (κ3) is 35.7. The first-order chi connectivity index (χ1) is 67.1. The molecule has 2 aliphatic carbocycles. The Morgan fingerprint density at radius 1 is 0.664 bits per heavy atom. The molecule has 788 valence electrons. The maximum absolute atomic E-state index is 15.0. The van der Waals surface area contributed by atoms with Gasteiger partial charge in [0.15, 0.2) is 36.2 Å². The van der Waals surface area contributed by atoms with Gasteiger partial charge in [-0.2, -0.15) is 5.48 Å². The molecule has 10 N–H and O–H groups in total. The molecule has 7 aliphatic rings. The number of carbonyl (C=O) groups is 9. The summed E-state index contributed by atoms with van der Waals surface area (Å²) in [4.78, 5) is 126. The average molecular weight is 2150 g/mol. The van der Waals surface area contributed by atoms with E-state index in [1.54, 1.807) is 46.4 Å². The summed E-state index contributed by atoms with van der Waals surface area (Å²) in [6.07, 6.45) is -11.9. The maximum atomic E-state index is 15.0. The molecule has 0 bridgehead atoms. The molecule has 1 aromatic rings. The first-order valence-corrected chi connectivity index (χ1v) is 51.2. The Kier molecular flexibility index (Phi) is 51.8. The Labute approximate surface area is 843 Å². The van der Waals surface area contributed by atoms with Crippen LogP contribution in [-0.2, 0) is 119 Å². The van der Waals surface area contributed by atoms with Crippen LogP contribution in [0, 0.1) is 51.9 Å². The highest BCUT2D eigenvalue weighted by Crippen LogP contribution is 2.51. The van der Waals surface area contributed by atoms with Gasteiger partial charge in [-0.05, 0) is 107 Å². The number of rotatable bonds is 59. The van der Waals surface area contributed by atoms with Crippen LogP contribution in [0.1, 0.15) is 123 Å². The van der Waals surface area contributed by atoms with Crippen molar-refractivity contribution in [2.75, 3.05) is 186 Å². The van der Waals surface area contributed by atoms with Gasteiger partial charge in [-0.25, -0.2) is 4.79 Å². The van der Waals surface area contributed by atoms with Crippen LogP contribution in [0.25, 0.3) is 0 Å². The number of hydrogen-bond donors (Lipinski definition) is 10. The molecule has 0 spiro atoms. The van der Waals surface area contributed by atoms with E-state index in [0.717, 1.165) is 23.8 Å². The van der Waals surface area contributed by atoms with Gasteiger partial charge in [0.1, 0.15) is 42.7 Å². The summed E-state index contributed by atoms with van der Waals surface area (Å²) in [6.45, 7) is 23.9. The number of methoxy groups -OCH3 is 5. The third-order valence-corrected chi connectivity index (χ3v) is 30.1. The van der Waals surface area contributed by atoms with Gasteiger partial charge in [-0.1, -0.05) is 77.0 Å².